The molecule has 0 fully saturated rings. The van der Waals surface area contributed by atoms with Gasteiger partial charge in [-0.05, 0) is 30.5 Å². The molecule has 14 heavy (non-hydrogen) atoms. The summed E-state index contributed by atoms with van der Waals surface area (Å²) in [6.07, 6.45) is 6.51. The number of allylic oxidation sites excluding steroid dienone is 2. The molecule has 0 saturated carbocycles. The Morgan fingerprint density at radius 1 is 1.21 bits per heavy atom. The Hall–Kier alpha value is -0.760. The van der Waals surface area contributed by atoms with Gasteiger partial charge in [-0.2, -0.15) is 0 Å². The molecule has 0 aliphatic rings. The second-order valence-corrected chi connectivity index (χ2v) is 3.66. The summed E-state index contributed by atoms with van der Waals surface area (Å²) in [5.74, 6) is 0.921. The smallest absolute Gasteiger partial charge is 0.118 e. The van der Waals surface area contributed by atoms with Crippen molar-refractivity contribution in [1.29, 1.82) is 0 Å². The van der Waals surface area contributed by atoms with Gasteiger partial charge in [-0.1, -0.05) is 40.2 Å². The Labute approximate surface area is 93.9 Å². The van der Waals surface area contributed by atoms with E-state index in [1.54, 1.807) is 7.11 Å². The first-order valence-electron chi connectivity index (χ1n) is 4.70. The first-order valence-corrected chi connectivity index (χ1v) is 5.83. The molecule has 2 heteroatoms. The van der Waals surface area contributed by atoms with Gasteiger partial charge in [-0.3, -0.25) is 0 Å². The van der Waals surface area contributed by atoms with E-state index in [0.717, 1.165) is 23.9 Å². The number of aryl methyl sites for hydroxylation is 1. The third-order valence-electron chi connectivity index (χ3n) is 2.01. The largest absolute Gasteiger partial charge is 0.497 e. The van der Waals surface area contributed by atoms with Crippen molar-refractivity contribution in [1.82, 2.24) is 0 Å². The van der Waals surface area contributed by atoms with Crippen molar-refractivity contribution in [3.8, 4) is 5.75 Å². The fraction of sp³-hybridized carbons (Fsp3) is 0.333. The van der Waals surface area contributed by atoms with Crippen molar-refractivity contribution >= 4 is 15.9 Å². The van der Waals surface area contributed by atoms with Gasteiger partial charge in [0, 0.05) is 5.33 Å². The predicted octanol–water partition coefficient (Wildman–Crippen LogP) is 3.58. The van der Waals surface area contributed by atoms with Gasteiger partial charge >= 0.3 is 0 Å². The molecule has 0 saturated heterocycles. The van der Waals surface area contributed by atoms with Crippen LogP contribution in [0.4, 0.5) is 0 Å². The quantitative estimate of drug-likeness (QED) is 0.577. The monoisotopic (exact) mass is 254 g/mol. The summed E-state index contributed by atoms with van der Waals surface area (Å²) in [6.45, 7) is 0. The predicted molar refractivity (Wildman–Crippen MR) is 64.2 cm³/mol. The maximum absolute atomic E-state index is 5.09. The molecule has 0 unspecified atom stereocenters. The minimum absolute atomic E-state index is 0.921. The third-order valence-corrected chi connectivity index (χ3v) is 2.39. The fourth-order valence-corrected chi connectivity index (χ4v) is 1.49. The first-order chi connectivity index (χ1) is 6.86. The molecular formula is C12H15BrO. The van der Waals surface area contributed by atoms with Crippen molar-refractivity contribution in [2.24, 2.45) is 0 Å². The minimum atomic E-state index is 0.921. The summed E-state index contributed by atoms with van der Waals surface area (Å²) in [7, 11) is 1.69. The molecule has 0 aliphatic carbocycles. The molecule has 0 amide bonds. The molecule has 0 heterocycles. The molecule has 0 radical (unpaired) electrons. The number of benzene rings is 1. The molecule has 0 N–H and O–H groups in total. The Bertz CT molecular complexity index is 277. The molecule has 76 valence electrons. The van der Waals surface area contributed by atoms with E-state index in [4.69, 9.17) is 4.74 Å². The van der Waals surface area contributed by atoms with E-state index in [0.29, 0.717) is 0 Å². The summed E-state index contributed by atoms with van der Waals surface area (Å²) < 4.78 is 5.09. The highest BCUT2D eigenvalue weighted by Crippen LogP contribution is 2.12. The Kier molecular flexibility index (Phi) is 5.38. The minimum Gasteiger partial charge on any atom is -0.497 e. The van der Waals surface area contributed by atoms with Crippen LogP contribution < -0.4 is 4.74 Å². The van der Waals surface area contributed by atoms with E-state index < -0.39 is 0 Å². The second-order valence-electron chi connectivity index (χ2n) is 3.01. The van der Waals surface area contributed by atoms with Crippen molar-refractivity contribution in [3.05, 3.63) is 42.0 Å². The van der Waals surface area contributed by atoms with Gasteiger partial charge in [0.2, 0.25) is 0 Å². The Morgan fingerprint density at radius 3 is 2.50 bits per heavy atom. The first kappa shape index (κ1) is 11.3. The van der Waals surface area contributed by atoms with Crippen LogP contribution in [0.5, 0.6) is 5.75 Å². The molecule has 1 aromatic carbocycles. The molecule has 0 aromatic heterocycles. The van der Waals surface area contributed by atoms with Crippen LogP contribution in [0.1, 0.15) is 12.0 Å². The highest BCUT2D eigenvalue weighted by atomic mass is 79.9. The fourth-order valence-electron chi connectivity index (χ4n) is 1.22. The zero-order chi connectivity index (χ0) is 10.2. The van der Waals surface area contributed by atoms with E-state index in [9.17, 15) is 0 Å². The standard InChI is InChI=1S/C12H15BrO/c1-14-12-8-6-11(7-9-12)5-3-2-4-10-13/h2,4,6-9H,3,5,10H2,1H3. The molecule has 1 rings (SSSR count). The van der Waals surface area contributed by atoms with Gasteiger partial charge in [0.25, 0.3) is 0 Å². The molecule has 0 bridgehead atoms. The summed E-state index contributed by atoms with van der Waals surface area (Å²) >= 11 is 3.35. The summed E-state index contributed by atoms with van der Waals surface area (Å²) in [6, 6.07) is 8.23. The van der Waals surface area contributed by atoms with Gasteiger partial charge in [-0.15, -0.1) is 0 Å². The van der Waals surface area contributed by atoms with E-state index in [1.807, 2.05) is 12.1 Å². The topological polar surface area (TPSA) is 9.23 Å². The van der Waals surface area contributed by atoms with Crippen LogP contribution >= 0.6 is 15.9 Å². The van der Waals surface area contributed by atoms with Gasteiger partial charge in [0.15, 0.2) is 0 Å². The zero-order valence-electron chi connectivity index (χ0n) is 8.37. The number of halogens is 1. The molecule has 1 nitrogen and oxygen atoms in total. The van der Waals surface area contributed by atoms with E-state index >= 15 is 0 Å². The van der Waals surface area contributed by atoms with Gasteiger partial charge in [0.1, 0.15) is 5.75 Å². The molecule has 0 spiro atoms. The number of methoxy groups -OCH3 is 1. The highest BCUT2D eigenvalue weighted by Gasteiger charge is 1.92. The van der Waals surface area contributed by atoms with Crippen LogP contribution in [0.2, 0.25) is 0 Å². The average molecular weight is 255 g/mol. The van der Waals surface area contributed by atoms with Crippen LogP contribution in [0, 0.1) is 0 Å². The lowest BCUT2D eigenvalue weighted by molar-refractivity contribution is 0.414. The average Bonchev–Trinajstić information content (AvgIpc) is 2.25. The molecule has 0 aliphatic heterocycles. The van der Waals surface area contributed by atoms with Crippen molar-refractivity contribution in [3.63, 3.8) is 0 Å². The summed E-state index contributed by atoms with van der Waals surface area (Å²) in [4.78, 5) is 0. The van der Waals surface area contributed by atoms with Gasteiger partial charge in [-0.25, -0.2) is 0 Å². The molecular weight excluding hydrogens is 240 g/mol. The second kappa shape index (κ2) is 6.66. The normalized spacial score (nSPS) is 10.7. The number of hydrogen-bond acceptors (Lipinski definition) is 1. The molecule has 0 atom stereocenters. The van der Waals surface area contributed by atoms with Crippen molar-refractivity contribution < 1.29 is 4.74 Å². The summed E-state index contributed by atoms with van der Waals surface area (Å²) in [5.41, 5.74) is 1.35. The number of ether oxygens (including phenoxy) is 1. The third kappa shape index (κ3) is 3.97. The highest BCUT2D eigenvalue weighted by molar-refractivity contribution is 9.09. The van der Waals surface area contributed by atoms with E-state index in [1.165, 1.54) is 5.56 Å². The van der Waals surface area contributed by atoms with Crippen LogP contribution in [0.15, 0.2) is 36.4 Å². The lowest BCUT2D eigenvalue weighted by Gasteiger charge is -2.01. The van der Waals surface area contributed by atoms with Crippen LogP contribution in [0.25, 0.3) is 0 Å². The Balaban J connectivity index is 2.40. The van der Waals surface area contributed by atoms with Gasteiger partial charge < -0.3 is 4.74 Å². The van der Waals surface area contributed by atoms with Crippen LogP contribution in [-0.2, 0) is 6.42 Å². The van der Waals surface area contributed by atoms with Crippen molar-refractivity contribution in [2.45, 2.75) is 12.8 Å². The SMILES string of the molecule is COc1ccc(CCC=CCBr)cc1. The zero-order valence-corrected chi connectivity index (χ0v) is 9.96. The molecule has 1 aromatic rings. The van der Waals surface area contributed by atoms with Crippen LogP contribution in [0.3, 0.4) is 0 Å². The number of hydrogen-bond donors (Lipinski definition) is 0. The van der Waals surface area contributed by atoms with E-state index in [2.05, 4.69) is 40.2 Å². The lowest BCUT2D eigenvalue weighted by Crippen LogP contribution is -1.85. The number of rotatable bonds is 5. The maximum atomic E-state index is 5.09. The number of alkyl halides is 1. The lowest BCUT2D eigenvalue weighted by atomic mass is 10.1. The van der Waals surface area contributed by atoms with E-state index in [-0.39, 0.29) is 0 Å². The maximum Gasteiger partial charge on any atom is 0.118 e. The van der Waals surface area contributed by atoms with Gasteiger partial charge in [0.05, 0.1) is 7.11 Å². The summed E-state index contributed by atoms with van der Waals surface area (Å²) in [5, 5.41) is 0.940. The Morgan fingerprint density at radius 2 is 1.93 bits per heavy atom. The van der Waals surface area contributed by atoms with Crippen molar-refractivity contribution in [2.75, 3.05) is 12.4 Å². The van der Waals surface area contributed by atoms with Crippen LogP contribution in [-0.4, -0.2) is 12.4 Å².